The first-order chi connectivity index (χ1) is 14.9. The third kappa shape index (κ3) is 2.95. The molecular formula is C24H16N3O4. The number of benzene rings is 2. The van der Waals surface area contributed by atoms with E-state index in [9.17, 15) is 19.5 Å². The summed E-state index contributed by atoms with van der Waals surface area (Å²) in [6, 6.07) is 16.3. The standard InChI is InChI=1S/C24H16N3O4/c1-13-20(14-5-8-16(28)9-6-14)19-4-2-3-11-27(19)21(13)22(29)15-7-10-17-18(12-15)25-24(31)26-23(17)30/h2-12,28H,1H3,(H,25,31). The molecule has 31 heavy (non-hydrogen) atoms. The number of amides is 3. The van der Waals surface area contributed by atoms with Crippen LogP contribution in [-0.4, -0.2) is 27.2 Å². The highest BCUT2D eigenvalue weighted by molar-refractivity contribution is 6.18. The number of carbonyl (C=O) groups excluding carboxylic acids is 3. The molecule has 0 aliphatic carbocycles. The van der Waals surface area contributed by atoms with Gasteiger partial charge in [0.1, 0.15) is 5.75 Å². The van der Waals surface area contributed by atoms with Crippen LogP contribution in [0.3, 0.4) is 0 Å². The van der Waals surface area contributed by atoms with Crippen LogP contribution in [0.15, 0.2) is 66.9 Å². The van der Waals surface area contributed by atoms with Crippen LogP contribution in [0.5, 0.6) is 5.75 Å². The van der Waals surface area contributed by atoms with Crippen molar-refractivity contribution in [1.82, 2.24) is 9.72 Å². The molecule has 0 unspecified atom stereocenters. The fourth-order valence-corrected chi connectivity index (χ4v) is 4.01. The Hall–Kier alpha value is -4.39. The quantitative estimate of drug-likeness (QED) is 0.496. The Bertz CT molecular complexity index is 1400. The van der Waals surface area contributed by atoms with Crippen molar-refractivity contribution in [1.29, 1.82) is 0 Å². The summed E-state index contributed by atoms with van der Waals surface area (Å²) in [7, 11) is 0. The van der Waals surface area contributed by atoms with Gasteiger partial charge in [0.2, 0.25) is 5.78 Å². The van der Waals surface area contributed by atoms with Gasteiger partial charge in [0, 0.05) is 17.3 Å². The molecule has 1 aliphatic heterocycles. The molecule has 0 saturated heterocycles. The number of aromatic hydroxyl groups is 1. The van der Waals surface area contributed by atoms with Gasteiger partial charge in [-0.05, 0) is 54.4 Å². The Morgan fingerprint density at radius 2 is 1.81 bits per heavy atom. The molecule has 1 radical (unpaired) electrons. The Balaban J connectivity index is 1.68. The number of pyridine rings is 1. The number of phenols is 1. The number of rotatable bonds is 3. The van der Waals surface area contributed by atoms with Crippen molar-refractivity contribution in [3.63, 3.8) is 0 Å². The smallest absolute Gasteiger partial charge is 0.348 e. The third-order valence-electron chi connectivity index (χ3n) is 5.42. The largest absolute Gasteiger partial charge is 0.508 e. The predicted octanol–water partition coefficient (Wildman–Crippen LogP) is 4.14. The third-order valence-corrected chi connectivity index (χ3v) is 5.42. The van der Waals surface area contributed by atoms with Gasteiger partial charge in [-0.15, -0.1) is 0 Å². The summed E-state index contributed by atoms with van der Waals surface area (Å²) in [5, 5.41) is 15.5. The molecule has 2 aromatic carbocycles. The summed E-state index contributed by atoms with van der Waals surface area (Å²) in [6.45, 7) is 1.88. The Morgan fingerprint density at radius 3 is 2.58 bits per heavy atom. The summed E-state index contributed by atoms with van der Waals surface area (Å²) in [6.07, 6.45) is 1.82. The number of anilines is 1. The minimum Gasteiger partial charge on any atom is -0.508 e. The van der Waals surface area contributed by atoms with Gasteiger partial charge in [-0.2, -0.15) is 5.32 Å². The Morgan fingerprint density at radius 1 is 1.03 bits per heavy atom. The average Bonchev–Trinajstić information content (AvgIpc) is 3.05. The lowest BCUT2D eigenvalue weighted by molar-refractivity contribution is 0.0958. The van der Waals surface area contributed by atoms with Crippen LogP contribution < -0.4 is 10.6 Å². The molecule has 0 fully saturated rings. The first-order valence-electron chi connectivity index (χ1n) is 9.59. The SMILES string of the molecule is Cc1c(-c2ccc(O)cc2)c2ccccn2c1C(=O)c1ccc2c(c1)NC(=O)[N]C2=O. The van der Waals surface area contributed by atoms with Crippen molar-refractivity contribution in [2.75, 3.05) is 5.32 Å². The molecule has 0 spiro atoms. The first kappa shape index (κ1) is 18.6. The molecule has 2 N–H and O–H groups in total. The average molecular weight is 410 g/mol. The number of hydrogen-bond donors (Lipinski definition) is 2. The zero-order valence-electron chi connectivity index (χ0n) is 16.4. The normalized spacial score (nSPS) is 12.9. The maximum absolute atomic E-state index is 13.5. The van der Waals surface area contributed by atoms with Crippen LogP contribution in [0.2, 0.25) is 0 Å². The Kier molecular flexibility index (Phi) is 4.11. The van der Waals surface area contributed by atoms with Gasteiger partial charge in [-0.1, -0.05) is 24.3 Å². The monoisotopic (exact) mass is 410 g/mol. The van der Waals surface area contributed by atoms with Crippen LogP contribution >= 0.6 is 0 Å². The van der Waals surface area contributed by atoms with Crippen LogP contribution in [0, 0.1) is 6.92 Å². The second-order valence-corrected chi connectivity index (χ2v) is 7.29. The maximum atomic E-state index is 13.5. The van der Waals surface area contributed by atoms with Crippen LogP contribution in [0.1, 0.15) is 32.0 Å². The van der Waals surface area contributed by atoms with E-state index in [-0.39, 0.29) is 22.8 Å². The molecule has 1 aliphatic rings. The molecule has 151 valence electrons. The summed E-state index contributed by atoms with van der Waals surface area (Å²) in [4.78, 5) is 37.1. The zero-order valence-corrected chi connectivity index (χ0v) is 16.4. The Labute approximate surface area is 176 Å². The van der Waals surface area contributed by atoms with E-state index in [1.54, 1.807) is 18.2 Å². The highest BCUT2D eigenvalue weighted by atomic mass is 16.3. The summed E-state index contributed by atoms with van der Waals surface area (Å²) < 4.78 is 1.83. The topological polar surface area (TPSA) is 102 Å². The van der Waals surface area contributed by atoms with Gasteiger partial charge in [-0.3, -0.25) is 9.59 Å². The molecule has 5 rings (SSSR count). The molecule has 4 aromatic rings. The van der Waals surface area contributed by atoms with Crippen molar-refractivity contribution >= 4 is 28.9 Å². The van der Waals surface area contributed by atoms with E-state index < -0.39 is 11.9 Å². The van der Waals surface area contributed by atoms with E-state index in [0.29, 0.717) is 11.3 Å². The number of ketones is 1. The molecule has 2 aromatic heterocycles. The first-order valence-corrected chi connectivity index (χ1v) is 9.59. The van der Waals surface area contributed by atoms with Crippen LogP contribution in [-0.2, 0) is 0 Å². The number of phenolic OH excluding ortho intramolecular Hbond substituents is 1. The highest BCUT2D eigenvalue weighted by Crippen LogP contribution is 2.35. The molecule has 3 amide bonds. The summed E-state index contributed by atoms with van der Waals surface area (Å²) in [5.74, 6) is -0.703. The molecule has 0 bridgehead atoms. The number of hydrogen-bond acceptors (Lipinski definition) is 4. The lowest BCUT2D eigenvalue weighted by atomic mass is 9.98. The highest BCUT2D eigenvalue weighted by Gasteiger charge is 2.27. The minimum absolute atomic E-state index is 0.165. The number of imide groups is 1. The molecule has 0 atom stereocenters. The lowest BCUT2D eigenvalue weighted by Crippen LogP contribution is -2.33. The van der Waals surface area contributed by atoms with Gasteiger partial charge < -0.3 is 14.8 Å². The van der Waals surface area contributed by atoms with Crippen LogP contribution in [0.25, 0.3) is 16.6 Å². The zero-order chi connectivity index (χ0) is 21.7. The van der Waals surface area contributed by atoms with Crippen molar-refractivity contribution in [2.24, 2.45) is 0 Å². The van der Waals surface area contributed by atoms with E-state index in [0.717, 1.165) is 22.2 Å². The van der Waals surface area contributed by atoms with E-state index in [1.165, 1.54) is 12.1 Å². The van der Waals surface area contributed by atoms with Crippen molar-refractivity contribution < 1.29 is 19.5 Å². The number of urea groups is 1. The maximum Gasteiger partial charge on any atom is 0.348 e. The van der Waals surface area contributed by atoms with E-state index >= 15 is 0 Å². The molecule has 7 heteroatoms. The van der Waals surface area contributed by atoms with Crippen molar-refractivity contribution in [3.05, 3.63) is 89.2 Å². The second-order valence-electron chi connectivity index (χ2n) is 7.29. The molecule has 0 saturated carbocycles. The fraction of sp³-hybridized carbons (Fsp3) is 0.0417. The number of aromatic nitrogens is 1. The summed E-state index contributed by atoms with van der Waals surface area (Å²) >= 11 is 0. The number of nitrogens with one attached hydrogen (secondary N) is 1. The molecule has 3 heterocycles. The number of fused-ring (bicyclic) bond motifs is 2. The second kappa shape index (κ2) is 6.84. The predicted molar refractivity (Wildman–Crippen MR) is 115 cm³/mol. The van der Waals surface area contributed by atoms with E-state index in [4.69, 9.17) is 0 Å². The lowest BCUT2D eigenvalue weighted by Gasteiger charge is -2.15. The van der Waals surface area contributed by atoms with Gasteiger partial charge in [0.05, 0.1) is 22.5 Å². The summed E-state index contributed by atoms with van der Waals surface area (Å²) in [5.41, 5.74) is 4.76. The van der Waals surface area contributed by atoms with E-state index in [1.807, 2.05) is 47.9 Å². The van der Waals surface area contributed by atoms with Crippen LogP contribution in [0.4, 0.5) is 10.5 Å². The van der Waals surface area contributed by atoms with Gasteiger partial charge >= 0.3 is 6.03 Å². The van der Waals surface area contributed by atoms with E-state index in [2.05, 4.69) is 10.6 Å². The van der Waals surface area contributed by atoms with Crippen molar-refractivity contribution in [3.8, 4) is 16.9 Å². The molecular weight excluding hydrogens is 394 g/mol. The van der Waals surface area contributed by atoms with Crippen molar-refractivity contribution in [2.45, 2.75) is 6.92 Å². The minimum atomic E-state index is -0.749. The fourth-order valence-electron chi connectivity index (χ4n) is 4.01. The molecule has 7 nitrogen and oxygen atoms in total. The van der Waals surface area contributed by atoms with Gasteiger partial charge in [0.15, 0.2) is 0 Å². The van der Waals surface area contributed by atoms with Gasteiger partial charge in [-0.25, -0.2) is 4.79 Å². The van der Waals surface area contributed by atoms with Gasteiger partial charge in [0.25, 0.3) is 5.91 Å². The number of nitrogens with zero attached hydrogens (tertiary/aromatic N) is 2. The number of carbonyl (C=O) groups is 3.